The second kappa shape index (κ2) is 12.7. The van der Waals surface area contributed by atoms with Crippen LogP contribution in [0.1, 0.15) is 84.0 Å². The molecule has 2 N–H and O–H groups in total. The Morgan fingerprint density at radius 1 is 1.04 bits per heavy atom. The van der Waals surface area contributed by atoms with Gasteiger partial charge >= 0.3 is 5.97 Å². The topological polar surface area (TPSA) is 86.7 Å². The van der Waals surface area contributed by atoms with E-state index in [-0.39, 0.29) is 30.8 Å². The SMILES string of the molecule is CCCCCCCCN1C(=O)CNC(=O)C1CCCCCCC(=O)O. The lowest BCUT2D eigenvalue weighted by Gasteiger charge is -2.35. The molecule has 6 nitrogen and oxygen atoms in total. The molecule has 0 radical (unpaired) electrons. The zero-order valence-corrected chi connectivity index (χ0v) is 15.6. The fourth-order valence-corrected chi connectivity index (χ4v) is 3.29. The molecule has 1 fully saturated rings. The highest BCUT2D eigenvalue weighted by Gasteiger charge is 2.33. The number of aliphatic carboxylic acids is 1. The lowest BCUT2D eigenvalue weighted by Crippen LogP contribution is -2.58. The van der Waals surface area contributed by atoms with Crippen LogP contribution in [0.15, 0.2) is 0 Å². The molecule has 1 aliphatic rings. The van der Waals surface area contributed by atoms with Crippen molar-refractivity contribution >= 4 is 17.8 Å². The Labute approximate surface area is 151 Å². The third-order valence-electron chi connectivity index (χ3n) is 4.78. The van der Waals surface area contributed by atoms with Crippen LogP contribution in [-0.2, 0) is 14.4 Å². The van der Waals surface area contributed by atoms with Crippen molar-refractivity contribution < 1.29 is 19.5 Å². The van der Waals surface area contributed by atoms with E-state index in [9.17, 15) is 14.4 Å². The fraction of sp³-hybridized carbons (Fsp3) is 0.842. The predicted octanol–water partition coefficient (Wildman–Crippen LogP) is 3.10. The van der Waals surface area contributed by atoms with Gasteiger partial charge in [0.2, 0.25) is 11.8 Å². The van der Waals surface area contributed by atoms with Crippen molar-refractivity contribution in [2.24, 2.45) is 0 Å². The maximum atomic E-state index is 12.2. The van der Waals surface area contributed by atoms with Crippen LogP contribution in [0.25, 0.3) is 0 Å². The number of carbonyl (C=O) groups excluding carboxylic acids is 2. The summed E-state index contributed by atoms with van der Waals surface area (Å²) in [5, 5.41) is 11.3. The second-order valence-corrected chi connectivity index (χ2v) is 6.94. The van der Waals surface area contributed by atoms with E-state index >= 15 is 0 Å². The highest BCUT2D eigenvalue weighted by atomic mass is 16.4. The maximum absolute atomic E-state index is 12.2. The van der Waals surface area contributed by atoms with Crippen LogP contribution in [0.5, 0.6) is 0 Å². The zero-order valence-electron chi connectivity index (χ0n) is 15.6. The molecule has 0 saturated carbocycles. The molecule has 1 rings (SSSR count). The summed E-state index contributed by atoms with van der Waals surface area (Å²) in [6, 6.07) is -0.351. The van der Waals surface area contributed by atoms with Gasteiger partial charge in [-0.1, -0.05) is 58.3 Å². The molecule has 25 heavy (non-hydrogen) atoms. The van der Waals surface area contributed by atoms with E-state index in [1.54, 1.807) is 4.90 Å². The number of rotatable bonds is 14. The smallest absolute Gasteiger partial charge is 0.303 e. The van der Waals surface area contributed by atoms with E-state index in [0.29, 0.717) is 19.4 Å². The Bertz CT molecular complexity index is 426. The van der Waals surface area contributed by atoms with Crippen molar-refractivity contribution in [2.45, 2.75) is 90.0 Å². The van der Waals surface area contributed by atoms with Gasteiger partial charge in [0, 0.05) is 13.0 Å². The molecule has 2 amide bonds. The minimum Gasteiger partial charge on any atom is -0.481 e. The summed E-state index contributed by atoms with van der Waals surface area (Å²) in [6.07, 6.45) is 11.1. The average molecular weight is 354 g/mol. The Morgan fingerprint density at radius 3 is 2.40 bits per heavy atom. The number of piperazine rings is 1. The quantitative estimate of drug-likeness (QED) is 0.469. The minimum atomic E-state index is -0.762. The molecule has 1 unspecified atom stereocenters. The van der Waals surface area contributed by atoms with Gasteiger partial charge in [-0.25, -0.2) is 0 Å². The molecule has 144 valence electrons. The fourth-order valence-electron chi connectivity index (χ4n) is 3.29. The van der Waals surface area contributed by atoms with E-state index < -0.39 is 5.97 Å². The average Bonchev–Trinajstić information content (AvgIpc) is 2.58. The Kier molecular flexibility index (Phi) is 10.9. The van der Waals surface area contributed by atoms with Crippen LogP contribution in [0.3, 0.4) is 0 Å². The van der Waals surface area contributed by atoms with Gasteiger partial charge in [0.1, 0.15) is 6.04 Å². The first-order chi connectivity index (χ1) is 12.1. The summed E-state index contributed by atoms with van der Waals surface area (Å²) in [4.78, 5) is 36.6. The number of unbranched alkanes of at least 4 members (excludes halogenated alkanes) is 8. The van der Waals surface area contributed by atoms with Crippen LogP contribution < -0.4 is 5.32 Å². The van der Waals surface area contributed by atoms with E-state index in [1.165, 1.54) is 25.7 Å². The summed E-state index contributed by atoms with van der Waals surface area (Å²) < 4.78 is 0. The third kappa shape index (κ3) is 8.89. The number of hydrogen-bond acceptors (Lipinski definition) is 3. The van der Waals surface area contributed by atoms with Gasteiger partial charge in [-0.15, -0.1) is 0 Å². The molecule has 0 aromatic heterocycles. The van der Waals surface area contributed by atoms with E-state index in [2.05, 4.69) is 12.2 Å². The predicted molar refractivity (Wildman–Crippen MR) is 97.2 cm³/mol. The van der Waals surface area contributed by atoms with Gasteiger partial charge in [0.05, 0.1) is 6.54 Å². The van der Waals surface area contributed by atoms with Crippen molar-refractivity contribution in [3.63, 3.8) is 0 Å². The first-order valence-corrected chi connectivity index (χ1v) is 9.85. The van der Waals surface area contributed by atoms with Gasteiger partial charge in [-0.05, 0) is 19.3 Å². The van der Waals surface area contributed by atoms with Crippen molar-refractivity contribution in [1.29, 1.82) is 0 Å². The third-order valence-corrected chi connectivity index (χ3v) is 4.78. The van der Waals surface area contributed by atoms with Gasteiger partial charge in [0.25, 0.3) is 0 Å². The lowest BCUT2D eigenvalue weighted by molar-refractivity contribution is -0.146. The van der Waals surface area contributed by atoms with Crippen LogP contribution in [0.2, 0.25) is 0 Å². The molecule has 0 aliphatic carbocycles. The Balaban J connectivity index is 2.31. The Morgan fingerprint density at radius 2 is 1.68 bits per heavy atom. The molecule has 1 saturated heterocycles. The number of carboxylic acids is 1. The number of hydrogen-bond donors (Lipinski definition) is 2. The summed E-state index contributed by atoms with van der Waals surface area (Å²) >= 11 is 0. The molecular weight excluding hydrogens is 320 g/mol. The molecule has 1 atom stereocenters. The molecular formula is C19H34N2O4. The lowest BCUT2D eigenvalue weighted by atomic mass is 10.0. The molecule has 1 aliphatic heterocycles. The zero-order chi connectivity index (χ0) is 18.5. The standard InChI is InChI=1S/C19H34N2O4/c1-2-3-4-5-8-11-14-21-16(19(25)20-15-17(21)22)12-9-6-7-10-13-18(23)24/h16H,2-15H2,1H3,(H,20,25)(H,23,24). The van der Waals surface area contributed by atoms with E-state index in [1.807, 2.05) is 0 Å². The van der Waals surface area contributed by atoms with Gasteiger partial charge in [-0.3, -0.25) is 14.4 Å². The monoisotopic (exact) mass is 354 g/mol. The normalized spacial score (nSPS) is 17.6. The second-order valence-electron chi connectivity index (χ2n) is 6.94. The van der Waals surface area contributed by atoms with Crippen LogP contribution in [0.4, 0.5) is 0 Å². The van der Waals surface area contributed by atoms with Gasteiger partial charge in [0.15, 0.2) is 0 Å². The molecule has 1 heterocycles. The number of carbonyl (C=O) groups is 3. The van der Waals surface area contributed by atoms with Gasteiger partial charge in [-0.2, -0.15) is 0 Å². The van der Waals surface area contributed by atoms with Crippen LogP contribution >= 0.6 is 0 Å². The van der Waals surface area contributed by atoms with Crippen molar-refractivity contribution in [3.8, 4) is 0 Å². The minimum absolute atomic E-state index is 0.0176. The largest absolute Gasteiger partial charge is 0.481 e. The molecule has 0 bridgehead atoms. The first kappa shape index (κ1) is 21.5. The number of carboxylic acid groups (broad SMARTS) is 1. The van der Waals surface area contributed by atoms with Crippen LogP contribution in [0, 0.1) is 0 Å². The molecule has 0 aromatic rings. The van der Waals surface area contributed by atoms with Crippen molar-refractivity contribution in [3.05, 3.63) is 0 Å². The molecule has 0 aromatic carbocycles. The molecule has 6 heteroatoms. The Hall–Kier alpha value is -1.59. The van der Waals surface area contributed by atoms with E-state index in [0.717, 1.165) is 32.1 Å². The first-order valence-electron chi connectivity index (χ1n) is 9.85. The summed E-state index contributed by atoms with van der Waals surface area (Å²) in [6.45, 7) is 2.98. The van der Waals surface area contributed by atoms with Gasteiger partial charge < -0.3 is 15.3 Å². The number of amides is 2. The summed E-state index contributed by atoms with van der Waals surface area (Å²) in [5.41, 5.74) is 0. The van der Waals surface area contributed by atoms with E-state index in [4.69, 9.17) is 5.11 Å². The summed E-state index contributed by atoms with van der Waals surface area (Å²) in [5.74, 6) is -0.789. The van der Waals surface area contributed by atoms with Crippen LogP contribution in [-0.4, -0.2) is 46.9 Å². The number of nitrogens with one attached hydrogen (secondary N) is 1. The maximum Gasteiger partial charge on any atom is 0.303 e. The highest BCUT2D eigenvalue weighted by molar-refractivity contribution is 5.94. The number of nitrogens with zero attached hydrogens (tertiary/aromatic N) is 1. The summed E-state index contributed by atoms with van der Waals surface area (Å²) in [7, 11) is 0. The molecule has 0 spiro atoms. The van der Waals surface area contributed by atoms with Crippen molar-refractivity contribution in [2.75, 3.05) is 13.1 Å². The highest BCUT2D eigenvalue weighted by Crippen LogP contribution is 2.16. The van der Waals surface area contributed by atoms with Crippen molar-refractivity contribution in [1.82, 2.24) is 10.2 Å².